The summed E-state index contributed by atoms with van der Waals surface area (Å²) in [7, 11) is 0. The number of rotatable bonds is 9. The number of amides is 3. The van der Waals surface area contributed by atoms with Gasteiger partial charge < -0.3 is 20.1 Å². The number of hydroxylamine groups is 1. The average Bonchev–Trinajstić information content (AvgIpc) is 3.14. The predicted molar refractivity (Wildman–Crippen MR) is 141 cm³/mol. The fourth-order valence-electron chi connectivity index (χ4n) is 4.98. The van der Waals surface area contributed by atoms with Crippen LogP contribution in [0.1, 0.15) is 63.1 Å². The van der Waals surface area contributed by atoms with Crippen molar-refractivity contribution in [2.24, 2.45) is 5.41 Å². The third kappa shape index (κ3) is 6.61. The molecule has 10 nitrogen and oxygen atoms in total. The fraction of sp³-hybridized carbons (Fsp3) is 0.500. The highest BCUT2D eigenvalue weighted by atomic mass is 16.5. The van der Waals surface area contributed by atoms with Gasteiger partial charge in [0.15, 0.2) is 0 Å². The minimum absolute atomic E-state index is 0.0186. The number of nitrogens with one attached hydrogen (secondary N) is 2. The van der Waals surface area contributed by atoms with Crippen LogP contribution in [0.5, 0.6) is 5.75 Å². The summed E-state index contributed by atoms with van der Waals surface area (Å²) in [6, 6.07) is 9.62. The number of hydrogen-bond donors (Lipinski definition) is 4. The third-order valence-corrected chi connectivity index (χ3v) is 7.21. The quantitative estimate of drug-likeness (QED) is 0.288. The maximum Gasteiger partial charge on any atom is 0.404 e. The van der Waals surface area contributed by atoms with Gasteiger partial charge in [0.05, 0.1) is 5.41 Å². The predicted octanol–water partition coefficient (Wildman–Crippen LogP) is 3.71. The van der Waals surface area contributed by atoms with E-state index >= 15 is 0 Å². The second-order valence-electron chi connectivity index (χ2n) is 11.2. The molecule has 3 rings (SSSR count). The molecule has 1 aliphatic heterocycles. The number of nitrogens with zero attached hydrogens (tertiary/aromatic N) is 2. The Labute approximate surface area is 223 Å². The number of aromatic nitrogens is 1. The van der Waals surface area contributed by atoms with Crippen molar-refractivity contribution in [2.45, 2.75) is 78.5 Å². The van der Waals surface area contributed by atoms with E-state index in [0.29, 0.717) is 18.8 Å². The topological polar surface area (TPSA) is 141 Å². The zero-order chi connectivity index (χ0) is 28.3. The van der Waals surface area contributed by atoms with Crippen molar-refractivity contribution in [2.75, 3.05) is 6.54 Å². The van der Waals surface area contributed by atoms with Crippen LogP contribution in [0.3, 0.4) is 0 Å². The first-order valence-electron chi connectivity index (χ1n) is 12.7. The van der Waals surface area contributed by atoms with Gasteiger partial charge in [0.25, 0.3) is 5.91 Å². The van der Waals surface area contributed by atoms with E-state index in [1.165, 1.54) is 4.90 Å². The minimum atomic E-state index is -1.22. The van der Waals surface area contributed by atoms with Crippen LogP contribution in [0.4, 0.5) is 4.79 Å². The molecule has 1 fully saturated rings. The van der Waals surface area contributed by atoms with Gasteiger partial charge in [0.1, 0.15) is 18.4 Å². The first-order chi connectivity index (χ1) is 17.7. The smallest absolute Gasteiger partial charge is 0.404 e. The van der Waals surface area contributed by atoms with Gasteiger partial charge in [-0.25, -0.2) is 10.3 Å². The summed E-state index contributed by atoms with van der Waals surface area (Å²) in [6.45, 7) is 11.9. The van der Waals surface area contributed by atoms with Gasteiger partial charge in [-0.2, -0.15) is 0 Å². The molecule has 38 heavy (non-hydrogen) atoms. The van der Waals surface area contributed by atoms with Gasteiger partial charge in [-0.3, -0.25) is 19.8 Å². The lowest BCUT2D eigenvalue weighted by molar-refractivity contribution is -0.144. The zero-order valence-corrected chi connectivity index (χ0v) is 22.9. The number of likely N-dealkylation sites (tertiary alicyclic amines) is 1. The molecular weight excluding hydrogens is 488 g/mol. The largest absolute Gasteiger partial charge is 0.489 e. The molecule has 2 aromatic rings. The highest BCUT2D eigenvalue weighted by Crippen LogP contribution is 2.38. The molecule has 3 atom stereocenters. The fourth-order valence-corrected chi connectivity index (χ4v) is 4.98. The molecule has 0 saturated carbocycles. The van der Waals surface area contributed by atoms with Gasteiger partial charge in [0, 0.05) is 24.0 Å². The lowest BCUT2D eigenvalue weighted by atomic mass is 9.80. The highest BCUT2D eigenvalue weighted by Gasteiger charge is 2.48. The Morgan fingerprint density at radius 2 is 1.76 bits per heavy atom. The number of ether oxygens (including phenoxy) is 1. The monoisotopic (exact) mass is 526 g/mol. The number of carbonyl (C=O) groups excluding carboxylic acids is 2. The molecule has 3 amide bonds. The molecule has 1 saturated heterocycles. The first kappa shape index (κ1) is 28.9. The number of carbonyl (C=O) groups is 3. The van der Waals surface area contributed by atoms with E-state index in [0.717, 1.165) is 22.5 Å². The van der Waals surface area contributed by atoms with E-state index in [9.17, 15) is 24.7 Å². The molecule has 0 bridgehead atoms. The Balaban J connectivity index is 1.76. The van der Waals surface area contributed by atoms with Crippen LogP contribution in [0.25, 0.3) is 0 Å². The average molecular weight is 527 g/mol. The van der Waals surface area contributed by atoms with Crippen LogP contribution in [0, 0.1) is 19.3 Å². The molecule has 0 aliphatic carbocycles. The molecule has 10 heteroatoms. The van der Waals surface area contributed by atoms with E-state index < -0.39 is 34.9 Å². The Morgan fingerprint density at radius 1 is 1.16 bits per heavy atom. The molecular formula is C28H38N4O6. The van der Waals surface area contributed by atoms with Crippen LogP contribution >= 0.6 is 0 Å². The van der Waals surface area contributed by atoms with Crippen LogP contribution < -0.4 is 15.5 Å². The Kier molecular flexibility index (Phi) is 8.66. The first-order valence-corrected chi connectivity index (χ1v) is 12.7. The molecule has 4 N–H and O–H groups in total. The highest BCUT2D eigenvalue weighted by molar-refractivity contribution is 5.94. The third-order valence-electron chi connectivity index (χ3n) is 7.21. The van der Waals surface area contributed by atoms with E-state index in [2.05, 4.69) is 10.3 Å². The lowest BCUT2D eigenvalue weighted by Gasteiger charge is -2.36. The number of pyridine rings is 1. The summed E-state index contributed by atoms with van der Waals surface area (Å²) in [4.78, 5) is 43.6. The summed E-state index contributed by atoms with van der Waals surface area (Å²) < 4.78 is 5.93. The molecule has 1 aromatic heterocycles. The zero-order valence-electron chi connectivity index (χ0n) is 22.9. The molecule has 1 aromatic carbocycles. The summed E-state index contributed by atoms with van der Waals surface area (Å²) in [5, 5.41) is 21.2. The van der Waals surface area contributed by atoms with Crippen molar-refractivity contribution in [1.82, 2.24) is 20.7 Å². The SMILES string of the molecule is Cc1cc(COc2ccc(C3(C)CCN(C(C[C@@H](NC(=O)O)C(C)(C)C)C(=O)NO)C3=O)cc2)cc(C)n1. The van der Waals surface area contributed by atoms with Crippen LogP contribution in [-0.4, -0.2) is 56.7 Å². The van der Waals surface area contributed by atoms with Gasteiger partial charge in [-0.05, 0) is 74.4 Å². The van der Waals surface area contributed by atoms with Crippen molar-refractivity contribution in [3.05, 3.63) is 58.9 Å². The Morgan fingerprint density at radius 3 is 2.29 bits per heavy atom. The number of benzene rings is 1. The second kappa shape index (κ2) is 11.4. The van der Waals surface area contributed by atoms with Crippen LogP contribution in [0.15, 0.2) is 36.4 Å². The molecule has 1 aliphatic rings. The normalized spacial score (nSPS) is 19.1. The van der Waals surface area contributed by atoms with Gasteiger partial charge >= 0.3 is 6.09 Å². The molecule has 0 radical (unpaired) electrons. The summed E-state index contributed by atoms with van der Waals surface area (Å²) in [5.74, 6) is -0.350. The maximum atomic E-state index is 13.7. The summed E-state index contributed by atoms with van der Waals surface area (Å²) in [5.41, 5.74) is 3.90. The lowest BCUT2D eigenvalue weighted by Crippen LogP contribution is -2.54. The summed E-state index contributed by atoms with van der Waals surface area (Å²) >= 11 is 0. The van der Waals surface area contributed by atoms with Gasteiger partial charge in [0.2, 0.25) is 5.91 Å². The number of aryl methyl sites for hydroxylation is 2. The van der Waals surface area contributed by atoms with Gasteiger partial charge in [-0.15, -0.1) is 0 Å². The van der Waals surface area contributed by atoms with Gasteiger partial charge in [-0.1, -0.05) is 32.9 Å². The molecule has 2 unspecified atom stereocenters. The second-order valence-corrected chi connectivity index (χ2v) is 11.2. The Bertz CT molecular complexity index is 1160. The molecule has 206 valence electrons. The maximum absolute atomic E-state index is 13.7. The van der Waals surface area contributed by atoms with E-state index in [1.807, 2.05) is 77.9 Å². The standard InChI is InChI=1S/C28H38N4O6/c1-17-13-19(14-18(2)29-17)16-38-21-9-7-20(8-10-21)28(6)11-12-32(25(28)34)22(24(33)31-37)15-23(27(3,4)5)30-26(35)36/h7-10,13-14,22-23,30,37H,11-12,15-16H2,1-6H3,(H,31,33)(H,35,36)/t22?,23-,28?/m1/s1. The number of carboxylic acid groups (broad SMARTS) is 1. The van der Waals surface area contributed by atoms with Crippen molar-refractivity contribution in [3.63, 3.8) is 0 Å². The van der Waals surface area contributed by atoms with E-state index in [-0.39, 0.29) is 18.9 Å². The van der Waals surface area contributed by atoms with E-state index in [1.54, 1.807) is 5.48 Å². The van der Waals surface area contributed by atoms with E-state index in [4.69, 9.17) is 4.74 Å². The van der Waals surface area contributed by atoms with Crippen molar-refractivity contribution in [1.29, 1.82) is 0 Å². The summed E-state index contributed by atoms with van der Waals surface area (Å²) in [6.07, 6.45) is -0.740. The Hall–Kier alpha value is -3.66. The van der Waals surface area contributed by atoms with Crippen molar-refractivity contribution < 1.29 is 29.4 Å². The number of hydrogen-bond acceptors (Lipinski definition) is 6. The van der Waals surface area contributed by atoms with Crippen molar-refractivity contribution >= 4 is 17.9 Å². The van der Waals surface area contributed by atoms with Crippen LogP contribution in [0.2, 0.25) is 0 Å². The van der Waals surface area contributed by atoms with Crippen LogP contribution in [-0.2, 0) is 21.6 Å². The van der Waals surface area contributed by atoms with Crippen molar-refractivity contribution in [3.8, 4) is 5.75 Å². The molecule has 0 spiro atoms. The molecule has 2 heterocycles. The minimum Gasteiger partial charge on any atom is -0.489 e.